The molecule has 0 aliphatic carbocycles. The number of ether oxygens (including phenoxy) is 1. The quantitative estimate of drug-likeness (QED) is 0.637. The van der Waals surface area contributed by atoms with Gasteiger partial charge in [-0.25, -0.2) is 0 Å². The van der Waals surface area contributed by atoms with E-state index in [1.54, 1.807) is 13.4 Å². The molecule has 3 rings (SSSR count). The van der Waals surface area contributed by atoms with E-state index in [0.29, 0.717) is 0 Å². The van der Waals surface area contributed by atoms with Crippen molar-refractivity contribution in [3.8, 4) is 5.75 Å². The highest BCUT2D eigenvalue weighted by Crippen LogP contribution is 2.24. The number of hydrogen-bond acceptors (Lipinski definition) is 4. The third kappa shape index (κ3) is 4.99. The van der Waals surface area contributed by atoms with Gasteiger partial charge in [0.2, 0.25) is 5.91 Å². The molecule has 5 heteroatoms. The van der Waals surface area contributed by atoms with Gasteiger partial charge in [0, 0.05) is 0 Å². The van der Waals surface area contributed by atoms with Gasteiger partial charge in [0.1, 0.15) is 11.5 Å². The van der Waals surface area contributed by atoms with Gasteiger partial charge >= 0.3 is 0 Å². The van der Waals surface area contributed by atoms with Crippen molar-refractivity contribution >= 4 is 5.91 Å². The molecule has 0 aliphatic heterocycles. The third-order valence-corrected chi connectivity index (χ3v) is 4.43. The lowest BCUT2D eigenvalue weighted by Crippen LogP contribution is -2.37. The fourth-order valence-corrected chi connectivity index (χ4v) is 2.90. The van der Waals surface area contributed by atoms with Gasteiger partial charge in [-0.15, -0.1) is 0 Å². The summed E-state index contributed by atoms with van der Waals surface area (Å²) in [5, 5.41) is 6.30. The van der Waals surface area contributed by atoms with Crippen molar-refractivity contribution in [2.75, 3.05) is 13.7 Å². The second-order valence-electron chi connectivity index (χ2n) is 6.30. The van der Waals surface area contributed by atoms with Gasteiger partial charge in [-0.3, -0.25) is 10.1 Å². The Balaban J connectivity index is 1.70. The number of amides is 1. The molecular formula is C22H24N2O3. The van der Waals surface area contributed by atoms with E-state index in [-0.39, 0.29) is 24.5 Å². The first-order valence-corrected chi connectivity index (χ1v) is 8.92. The standard InChI is InChI=1S/C22H24N2O3/c1-16(20-9-6-14-27-20)23-15-21(25)24-22(17-7-4-3-5-8-17)18-10-12-19(26-2)13-11-18/h3-14,16,22-23H,15H2,1-2H3,(H,24,25)/t16-,22+/m0/s1. The zero-order valence-corrected chi connectivity index (χ0v) is 15.5. The van der Waals surface area contributed by atoms with Gasteiger partial charge in [0.05, 0.1) is 32.0 Å². The van der Waals surface area contributed by atoms with Crippen LogP contribution < -0.4 is 15.4 Å². The maximum atomic E-state index is 12.6. The van der Waals surface area contributed by atoms with Crippen LogP contribution in [0.2, 0.25) is 0 Å². The van der Waals surface area contributed by atoms with Crippen molar-refractivity contribution in [2.45, 2.75) is 19.0 Å². The molecule has 2 atom stereocenters. The highest BCUT2D eigenvalue weighted by atomic mass is 16.5. The van der Waals surface area contributed by atoms with Crippen LogP contribution in [0.1, 0.15) is 35.9 Å². The van der Waals surface area contributed by atoms with E-state index in [0.717, 1.165) is 22.6 Å². The van der Waals surface area contributed by atoms with Gasteiger partial charge in [-0.2, -0.15) is 0 Å². The summed E-state index contributed by atoms with van der Waals surface area (Å²) in [5.41, 5.74) is 2.02. The van der Waals surface area contributed by atoms with Crippen LogP contribution in [0.3, 0.4) is 0 Å². The average Bonchev–Trinajstić information content (AvgIpc) is 3.26. The topological polar surface area (TPSA) is 63.5 Å². The number of nitrogens with one attached hydrogen (secondary N) is 2. The van der Waals surface area contributed by atoms with E-state index in [1.165, 1.54) is 0 Å². The van der Waals surface area contributed by atoms with Gasteiger partial charge in [-0.05, 0) is 42.3 Å². The number of carbonyl (C=O) groups excluding carboxylic acids is 1. The molecule has 0 bridgehead atoms. The molecule has 0 fully saturated rings. The van der Waals surface area contributed by atoms with Gasteiger partial charge in [0.15, 0.2) is 0 Å². The summed E-state index contributed by atoms with van der Waals surface area (Å²) in [6.07, 6.45) is 1.63. The molecule has 140 valence electrons. The minimum absolute atomic E-state index is 0.0399. The van der Waals surface area contributed by atoms with Crippen molar-refractivity contribution < 1.29 is 13.9 Å². The summed E-state index contributed by atoms with van der Waals surface area (Å²) >= 11 is 0. The molecule has 2 N–H and O–H groups in total. The lowest BCUT2D eigenvalue weighted by Gasteiger charge is -2.21. The summed E-state index contributed by atoms with van der Waals surface area (Å²) in [7, 11) is 1.64. The number of hydrogen-bond donors (Lipinski definition) is 2. The lowest BCUT2D eigenvalue weighted by atomic mass is 9.98. The van der Waals surface area contributed by atoms with Gasteiger partial charge in [0.25, 0.3) is 0 Å². The van der Waals surface area contributed by atoms with E-state index in [2.05, 4.69) is 10.6 Å². The fraction of sp³-hybridized carbons (Fsp3) is 0.227. The molecule has 1 amide bonds. The Labute approximate surface area is 159 Å². The lowest BCUT2D eigenvalue weighted by molar-refractivity contribution is -0.120. The first kappa shape index (κ1) is 18.7. The second-order valence-corrected chi connectivity index (χ2v) is 6.30. The third-order valence-electron chi connectivity index (χ3n) is 4.43. The molecule has 2 aromatic carbocycles. The molecule has 0 aliphatic rings. The van der Waals surface area contributed by atoms with E-state index in [9.17, 15) is 4.79 Å². The SMILES string of the molecule is COc1ccc([C@H](NC(=O)CN[C@@H](C)c2ccco2)c2ccccc2)cc1. The largest absolute Gasteiger partial charge is 0.497 e. The smallest absolute Gasteiger partial charge is 0.234 e. The fourth-order valence-electron chi connectivity index (χ4n) is 2.90. The van der Waals surface area contributed by atoms with Crippen molar-refractivity contribution in [3.63, 3.8) is 0 Å². The summed E-state index contributed by atoms with van der Waals surface area (Å²) in [5.74, 6) is 1.50. The van der Waals surface area contributed by atoms with Crippen LogP contribution in [-0.2, 0) is 4.79 Å². The van der Waals surface area contributed by atoms with Crippen LogP contribution in [0.4, 0.5) is 0 Å². The number of furan rings is 1. The minimum atomic E-state index is -0.231. The first-order chi connectivity index (χ1) is 13.2. The Bertz CT molecular complexity index is 830. The Morgan fingerprint density at radius 1 is 1.00 bits per heavy atom. The molecule has 1 heterocycles. The van der Waals surface area contributed by atoms with Crippen molar-refractivity contribution in [1.29, 1.82) is 0 Å². The number of carbonyl (C=O) groups is 1. The van der Waals surface area contributed by atoms with Crippen LogP contribution >= 0.6 is 0 Å². The van der Waals surface area contributed by atoms with Crippen LogP contribution in [0.15, 0.2) is 77.4 Å². The zero-order valence-electron chi connectivity index (χ0n) is 15.5. The van der Waals surface area contributed by atoms with E-state index < -0.39 is 0 Å². The highest BCUT2D eigenvalue weighted by Gasteiger charge is 2.18. The molecule has 0 saturated heterocycles. The maximum absolute atomic E-state index is 12.6. The highest BCUT2D eigenvalue weighted by molar-refractivity contribution is 5.79. The summed E-state index contributed by atoms with van der Waals surface area (Å²) in [6, 6.07) is 21.1. The van der Waals surface area contributed by atoms with E-state index >= 15 is 0 Å². The zero-order chi connectivity index (χ0) is 19.1. The number of benzene rings is 2. The Kier molecular flexibility index (Phi) is 6.28. The molecular weight excluding hydrogens is 340 g/mol. The molecule has 0 radical (unpaired) electrons. The van der Waals surface area contributed by atoms with Gasteiger partial charge < -0.3 is 14.5 Å². The molecule has 27 heavy (non-hydrogen) atoms. The summed E-state index contributed by atoms with van der Waals surface area (Å²) < 4.78 is 10.6. The average molecular weight is 364 g/mol. The summed E-state index contributed by atoms with van der Waals surface area (Å²) in [4.78, 5) is 12.6. The Morgan fingerprint density at radius 2 is 1.70 bits per heavy atom. The molecule has 0 spiro atoms. The molecule has 0 unspecified atom stereocenters. The predicted molar refractivity (Wildman–Crippen MR) is 105 cm³/mol. The maximum Gasteiger partial charge on any atom is 0.234 e. The monoisotopic (exact) mass is 364 g/mol. The number of methoxy groups -OCH3 is 1. The van der Waals surface area contributed by atoms with Crippen LogP contribution in [0.25, 0.3) is 0 Å². The van der Waals surface area contributed by atoms with Crippen LogP contribution in [0.5, 0.6) is 5.75 Å². The van der Waals surface area contributed by atoms with Crippen LogP contribution in [-0.4, -0.2) is 19.6 Å². The molecule has 0 saturated carbocycles. The van der Waals surface area contributed by atoms with Crippen molar-refractivity contribution in [2.24, 2.45) is 0 Å². The molecule has 3 aromatic rings. The van der Waals surface area contributed by atoms with Crippen LogP contribution in [0, 0.1) is 0 Å². The Morgan fingerprint density at radius 3 is 2.33 bits per heavy atom. The second kappa shape index (κ2) is 9.05. The van der Waals surface area contributed by atoms with Crippen molar-refractivity contribution in [1.82, 2.24) is 10.6 Å². The minimum Gasteiger partial charge on any atom is -0.497 e. The van der Waals surface area contributed by atoms with Gasteiger partial charge in [-0.1, -0.05) is 42.5 Å². The molecule has 1 aromatic heterocycles. The van der Waals surface area contributed by atoms with E-state index in [1.807, 2.05) is 73.7 Å². The number of rotatable bonds is 8. The van der Waals surface area contributed by atoms with Crippen molar-refractivity contribution in [3.05, 3.63) is 89.9 Å². The predicted octanol–water partition coefficient (Wildman–Crippen LogP) is 3.84. The Hall–Kier alpha value is -3.05. The van der Waals surface area contributed by atoms with E-state index in [4.69, 9.17) is 9.15 Å². The summed E-state index contributed by atoms with van der Waals surface area (Å²) in [6.45, 7) is 2.16. The molecule has 5 nitrogen and oxygen atoms in total. The first-order valence-electron chi connectivity index (χ1n) is 8.92. The normalized spacial score (nSPS) is 13.0.